The number of rotatable bonds is 1. The van der Waals surface area contributed by atoms with Crippen LogP contribution in [0.5, 0.6) is 0 Å². The fourth-order valence-electron chi connectivity index (χ4n) is 1.88. The molecule has 2 rings (SSSR count). The van der Waals surface area contributed by atoms with Gasteiger partial charge in [0, 0.05) is 19.5 Å². The molecule has 1 aromatic carbocycles. The monoisotopic (exact) mass is 235 g/mol. The van der Waals surface area contributed by atoms with Crippen molar-refractivity contribution < 1.29 is 0 Å². The van der Waals surface area contributed by atoms with Gasteiger partial charge in [-0.2, -0.15) is 4.98 Å². The number of fused-ring (bicyclic) bond motifs is 1. The van der Waals surface area contributed by atoms with Crippen molar-refractivity contribution in [2.45, 2.75) is 13.8 Å². The largest absolute Gasteiger partial charge is 0.362 e. The minimum absolute atomic E-state index is 0.295. The summed E-state index contributed by atoms with van der Waals surface area (Å²) >= 11 is 5.93. The lowest BCUT2D eigenvalue weighted by atomic mass is 10.1. The van der Waals surface area contributed by atoms with E-state index in [4.69, 9.17) is 11.6 Å². The molecular formula is C12H14ClN3. The van der Waals surface area contributed by atoms with Gasteiger partial charge in [-0.3, -0.25) is 0 Å². The van der Waals surface area contributed by atoms with Gasteiger partial charge in [-0.15, -0.1) is 0 Å². The summed E-state index contributed by atoms with van der Waals surface area (Å²) in [5, 5.41) is 1.34. The summed E-state index contributed by atoms with van der Waals surface area (Å²) in [6.45, 7) is 4.11. The van der Waals surface area contributed by atoms with Crippen molar-refractivity contribution in [2.75, 3.05) is 19.0 Å². The van der Waals surface area contributed by atoms with E-state index in [1.54, 1.807) is 0 Å². The van der Waals surface area contributed by atoms with Crippen molar-refractivity contribution >= 4 is 28.3 Å². The zero-order chi connectivity index (χ0) is 11.9. The Bertz CT molecular complexity index is 549. The van der Waals surface area contributed by atoms with Gasteiger partial charge in [-0.1, -0.05) is 6.07 Å². The highest BCUT2D eigenvalue weighted by Crippen LogP contribution is 2.27. The predicted octanol–water partition coefficient (Wildman–Crippen LogP) is 2.97. The van der Waals surface area contributed by atoms with Crippen molar-refractivity contribution in [3.05, 3.63) is 28.5 Å². The number of hydrogen-bond donors (Lipinski definition) is 0. The van der Waals surface area contributed by atoms with Crippen molar-refractivity contribution in [1.29, 1.82) is 0 Å². The minimum atomic E-state index is 0.295. The average Bonchev–Trinajstić information content (AvgIpc) is 2.18. The molecule has 3 nitrogen and oxygen atoms in total. The molecule has 0 saturated carbocycles. The molecule has 0 radical (unpaired) electrons. The lowest BCUT2D eigenvalue weighted by molar-refractivity contribution is 1.06. The first-order valence-electron chi connectivity index (χ1n) is 5.11. The van der Waals surface area contributed by atoms with Gasteiger partial charge >= 0.3 is 0 Å². The van der Waals surface area contributed by atoms with Crippen LogP contribution in [0.3, 0.4) is 0 Å². The molecule has 0 saturated heterocycles. The Hall–Kier alpha value is -1.35. The van der Waals surface area contributed by atoms with Crippen molar-refractivity contribution in [3.63, 3.8) is 0 Å². The summed E-state index contributed by atoms with van der Waals surface area (Å²) in [4.78, 5) is 10.5. The van der Waals surface area contributed by atoms with Gasteiger partial charge in [-0.05, 0) is 42.6 Å². The van der Waals surface area contributed by atoms with Crippen LogP contribution in [0.2, 0.25) is 5.28 Å². The Morgan fingerprint density at radius 2 is 1.81 bits per heavy atom. The predicted molar refractivity (Wildman–Crippen MR) is 68.3 cm³/mol. The van der Waals surface area contributed by atoms with Gasteiger partial charge in [0.1, 0.15) is 5.82 Å². The Morgan fingerprint density at radius 1 is 1.12 bits per heavy atom. The van der Waals surface area contributed by atoms with Crippen LogP contribution in [0, 0.1) is 13.8 Å². The molecule has 0 N–H and O–H groups in total. The van der Waals surface area contributed by atoms with Crippen LogP contribution in [0.1, 0.15) is 11.1 Å². The molecule has 0 atom stereocenters. The Labute approximate surface area is 100 Å². The van der Waals surface area contributed by atoms with Gasteiger partial charge < -0.3 is 4.90 Å². The lowest BCUT2D eigenvalue weighted by Crippen LogP contribution is -2.12. The summed E-state index contributed by atoms with van der Waals surface area (Å²) in [6.07, 6.45) is 0. The molecule has 0 amide bonds. The third kappa shape index (κ3) is 1.83. The standard InChI is InChI=1S/C12H14ClN3/c1-7-5-8(2)10-9(6-7)11(16(3)4)15-12(13)14-10/h5-6H,1-4H3. The summed E-state index contributed by atoms with van der Waals surface area (Å²) < 4.78 is 0. The third-order valence-corrected chi connectivity index (χ3v) is 2.68. The zero-order valence-electron chi connectivity index (χ0n) is 9.87. The van der Waals surface area contributed by atoms with Crippen LogP contribution in [-0.2, 0) is 0 Å². The van der Waals surface area contributed by atoms with Crippen LogP contribution in [-0.4, -0.2) is 24.1 Å². The number of aryl methyl sites for hydroxylation is 2. The second-order valence-electron chi connectivity index (χ2n) is 4.19. The summed E-state index contributed by atoms with van der Waals surface area (Å²) in [7, 11) is 3.91. The number of nitrogens with zero attached hydrogens (tertiary/aromatic N) is 3. The molecule has 1 heterocycles. The fourth-order valence-corrected chi connectivity index (χ4v) is 2.05. The fraction of sp³-hybridized carbons (Fsp3) is 0.333. The maximum atomic E-state index is 5.93. The number of anilines is 1. The van der Waals surface area contributed by atoms with Crippen LogP contribution < -0.4 is 4.90 Å². The van der Waals surface area contributed by atoms with Gasteiger partial charge in [0.15, 0.2) is 0 Å². The molecule has 0 aliphatic carbocycles. The SMILES string of the molecule is Cc1cc(C)c2nc(Cl)nc(N(C)C)c2c1. The van der Waals surface area contributed by atoms with Crippen molar-refractivity contribution in [2.24, 2.45) is 0 Å². The molecule has 4 heteroatoms. The molecule has 0 aliphatic heterocycles. The van der Waals surface area contributed by atoms with E-state index in [9.17, 15) is 0 Å². The molecule has 0 aliphatic rings. The number of hydrogen-bond acceptors (Lipinski definition) is 3. The smallest absolute Gasteiger partial charge is 0.224 e. The van der Waals surface area contributed by atoms with E-state index in [0.29, 0.717) is 5.28 Å². The van der Waals surface area contributed by atoms with Gasteiger partial charge in [0.2, 0.25) is 5.28 Å². The second kappa shape index (κ2) is 3.91. The van der Waals surface area contributed by atoms with E-state index in [1.165, 1.54) is 5.56 Å². The number of aromatic nitrogens is 2. The number of benzene rings is 1. The maximum absolute atomic E-state index is 5.93. The molecule has 2 aromatic rings. The van der Waals surface area contributed by atoms with Gasteiger partial charge in [0.05, 0.1) is 5.52 Å². The zero-order valence-corrected chi connectivity index (χ0v) is 10.6. The summed E-state index contributed by atoms with van der Waals surface area (Å²) in [6, 6.07) is 4.19. The van der Waals surface area contributed by atoms with E-state index in [0.717, 1.165) is 22.3 Å². The average molecular weight is 236 g/mol. The molecule has 0 unspecified atom stereocenters. The Balaban J connectivity index is 2.89. The lowest BCUT2D eigenvalue weighted by Gasteiger charge is -2.15. The quantitative estimate of drug-likeness (QED) is 0.712. The van der Waals surface area contributed by atoms with E-state index in [2.05, 4.69) is 29.0 Å². The molecule has 16 heavy (non-hydrogen) atoms. The van der Waals surface area contributed by atoms with Crippen molar-refractivity contribution in [3.8, 4) is 0 Å². The van der Waals surface area contributed by atoms with Gasteiger partial charge in [-0.25, -0.2) is 4.98 Å². The highest BCUT2D eigenvalue weighted by atomic mass is 35.5. The Morgan fingerprint density at radius 3 is 2.44 bits per heavy atom. The molecule has 1 aromatic heterocycles. The van der Waals surface area contributed by atoms with Crippen LogP contribution in [0.4, 0.5) is 5.82 Å². The minimum Gasteiger partial charge on any atom is -0.362 e. The van der Waals surface area contributed by atoms with Crippen LogP contribution >= 0.6 is 11.6 Å². The van der Waals surface area contributed by atoms with E-state index >= 15 is 0 Å². The molecule has 84 valence electrons. The molecule has 0 bridgehead atoms. The first-order chi connectivity index (χ1) is 7.49. The highest BCUT2D eigenvalue weighted by molar-refractivity contribution is 6.28. The normalized spacial score (nSPS) is 10.8. The first-order valence-corrected chi connectivity index (χ1v) is 5.48. The maximum Gasteiger partial charge on any atom is 0.224 e. The van der Waals surface area contributed by atoms with Gasteiger partial charge in [0.25, 0.3) is 0 Å². The van der Waals surface area contributed by atoms with Crippen LogP contribution in [0.15, 0.2) is 12.1 Å². The molecular weight excluding hydrogens is 222 g/mol. The van der Waals surface area contributed by atoms with E-state index in [1.807, 2.05) is 25.9 Å². The second-order valence-corrected chi connectivity index (χ2v) is 4.53. The summed E-state index contributed by atoms with van der Waals surface area (Å²) in [5.74, 6) is 0.863. The summed E-state index contributed by atoms with van der Waals surface area (Å²) in [5.41, 5.74) is 3.26. The third-order valence-electron chi connectivity index (χ3n) is 2.51. The highest BCUT2D eigenvalue weighted by Gasteiger charge is 2.10. The van der Waals surface area contributed by atoms with Crippen molar-refractivity contribution in [1.82, 2.24) is 9.97 Å². The Kier molecular flexibility index (Phi) is 2.72. The van der Waals surface area contributed by atoms with Crippen LogP contribution in [0.25, 0.3) is 10.9 Å². The molecule has 0 spiro atoms. The number of halogens is 1. The van der Waals surface area contributed by atoms with E-state index in [-0.39, 0.29) is 0 Å². The molecule has 0 fully saturated rings. The first kappa shape index (κ1) is 11.1. The topological polar surface area (TPSA) is 29.0 Å². The van der Waals surface area contributed by atoms with E-state index < -0.39 is 0 Å².